The van der Waals surface area contributed by atoms with Gasteiger partial charge >= 0.3 is 12.3 Å². The first-order valence-electron chi connectivity index (χ1n) is 13.0. The summed E-state index contributed by atoms with van der Waals surface area (Å²) in [6.45, 7) is 5.18. The van der Waals surface area contributed by atoms with Crippen molar-refractivity contribution in [3.8, 4) is 23.0 Å². The van der Waals surface area contributed by atoms with Crippen LogP contribution in [-0.4, -0.2) is 42.9 Å². The van der Waals surface area contributed by atoms with Crippen LogP contribution >= 0.6 is 0 Å². The molecule has 0 saturated heterocycles. The maximum atomic E-state index is 13.2. The number of halogens is 3. The number of hydrogen-bond acceptors (Lipinski definition) is 8. The Labute approximate surface area is 233 Å². The Balaban J connectivity index is 1.36. The van der Waals surface area contributed by atoms with E-state index in [1.54, 1.807) is 51.2 Å². The lowest BCUT2D eigenvalue weighted by atomic mass is 9.98. The number of benzene rings is 1. The monoisotopic (exact) mass is 565 g/mol. The number of rotatable bonds is 6. The number of hydrogen-bond donors (Lipinski definition) is 0. The van der Waals surface area contributed by atoms with Crippen molar-refractivity contribution in [3.05, 3.63) is 71.1 Å². The third-order valence-electron chi connectivity index (χ3n) is 7.16. The van der Waals surface area contributed by atoms with E-state index in [2.05, 4.69) is 20.1 Å². The number of cyclic esters (lactones) is 1. The van der Waals surface area contributed by atoms with E-state index in [9.17, 15) is 18.0 Å². The van der Waals surface area contributed by atoms with Crippen LogP contribution in [0.2, 0.25) is 0 Å². The van der Waals surface area contributed by atoms with Gasteiger partial charge in [-0.05, 0) is 57.4 Å². The number of methoxy groups -OCH3 is 1. The number of amides is 1. The van der Waals surface area contributed by atoms with Gasteiger partial charge in [-0.1, -0.05) is 12.1 Å². The maximum Gasteiger partial charge on any atom is 0.435 e. The molecule has 4 heterocycles. The van der Waals surface area contributed by atoms with E-state index >= 15 is 0 Å². The highest BCUT2D eigenvalue weighted by atomic mass is 19.4. The molecule has 10 nitrogen and oxygen atoms in total. The van der Waals surface area contributed by atoms with Crippen molar-refractivity contribution in [2.24, 2.45) is 0 Å². The molecule has 0 unspecified atom stereocenters. The quantitative estimate of drug-likeness (QED) is 0.292. The zero-order valence-electron chi connectivity index (χ0n) is 22.7. The summed E-state index contributed by atoms with van der Waals surface area (Å²) in [6.07, 6.45) is -0.0409. The lowest BCUT2D eigenvalue weighted by molar-refractivity contribution is -0.141. The minimum absolute atomic E-state index is 0.0996. The van der Waals surface area contributed by atoms with Crippen LogP contribution in [0.3, 0.4) is 0 Å². The Kier molecular flexibility index (Phi) is 6.20. The van der Waals surface area contributed by atoms with Gasteiger partial charge in [0.1, 0.15) is 23.3 Å². The van der Waals surface area contributed by atoms with Crippen LogP contribution in [0.1, 0.15) is 60.8 Å². The Morgan fingerprint density at radius 2 is 1.85 bits per heavy atom. The molecule has 13 heteroatoms. The van der Waals surface area contributed by atoms with Crippen LogP contribution in [0.5, 0.6) is 5.88 Å². The molecule has 6 rings (SSSR count). The van der Waals surface area contributed by atoms with Crippen molar-refractivity contribution in [1.82, 2.24) is 29.7 Å². The molecule has 0 atom stereocenters. The van der Waals surface area contributed by atoms with E-state index < -0.39 is 23.6 Å². The molecule has 3 aromatic heterocycles. The van der Waals surface area contributed by atoms with Gasteiger partial charge in [-0.25, -0.2) is 29.4 Å². The fraction of sp³-hybridized carbons (Fsp3) is 0.357. The van der Waals surface area contributed by atoms with Crippen molar-refractivity contribution >= 4 is 11.9 Å². The van der Waals surface area contributed by atoms with E-state index in [4.69, 9.17) is 14.5 Å². The van der Waals surface area contributed by atoms with Crippen LogP contribution in [0.25, 0.3) is 17.1 Å². The zero-order chi connectivity index (χ0) is 29.1. The normalized spacial score (nSPS) is 16.4. The summed E-state index contributed by atoms with van der Waals surface area (Å²) in [7, 11) is 1.52. The maximum absolute atomic E-state index is 13.2. The van der Waals surface area contributed by atoms with Crippen LogP contribution in [0.15, 0.2) is 42.9 Å². The molecule has 0 N–H and O–H groups in total. The summed E-state index contributed by atoms with van der Waals surface area (Å²) >= 11 is 0. The molecule has 1 aliphatic heterocycles. The highest BCUT2D eigenvalue weighted by Gasteiger charge is 2.41. The van der Waals surface area contributed by atoms with E-state index in [1.165, 1.54) is 23.0 Å². The number of carbonyl (C=O) groups excluding carboxylic acids is 1. The highest BCUT2D eigenvalue weighted by molar-refractivity contribution is 5.90. The number of alkyl halides is 3. The predicted octanol–water partition coefficient (Wildman–Crippen LogP) is 5.72. The molecule has 41 heavy (non-hydrogen) atoms. The number of nitrogens with zero attached hydrogens (tertiary/aromatic N) is 7. The van der Waals surface area contributed by atoms with Crippen molar-refractivity contribution in [1.29, 1.82) is 0 Å². The number of aromatic nitrogens is 6. The van der Waals surface area contributed by atoms with Gasteiger partial charge in [0.2, 0.25) is 5.88 Å². The van der Waals surface area contributed by atoms with Crippen LogP contribution in [0, 0.1) is 6.92 Å². The van der Waals surface area contributed by atoms with Crippen molar-refractivity contribution in [3.63, 3.8) is 0 Å². The lowest BCUT2D eigenvalue weighted by Crippen LogP contribution is -2.43. The second-order valence-corrected chi connectivity index (χ2v) is 10.6. The molecule has 0 radical (unpaired) electrons. The van der Waals surface area contributed by atoms with Crippen LogP contribution in [-0.2, 0) is 23.1 Å². The number of carbonyl (C=O) groups is 1. The van der Waals surface area contributed by atoms with Gasteiger partial charge in [-0.3, -0.25) is 4.90 Å². The van der Waals surface area contributed by atoms with Crippen LogP contribution < -0.4 is 9.64 Å². The first-order chi connectivity index (χ1) is 19.5. The van der Waals surface area contributed by atoms with Crippen LogP contribution in [0.4, 0.5) is 23.8 Å². The summed E-state index contributed by atoms with van der Waals surface area (Å²) in [5, 5.41) is 3.70. The molecule has 2 aliphatic rings. The second kappa shape index (κ2) is 9.53. The smallest absolute Gasteiger partial charge is 0.435 e. The third-order valence-corrected chi connectivity index (χ3v) is 7.16. The molecular formula is C28H26F3N7O3. The van der Waals surface area contributed by atoms with Gasteiger partial charge < -0.3 is 9.47 Å². The van der Waals surface area contributed by atoms with Gasteiger partial charge in [0, 0.05) is 17.8 Å². The minimum Gasteiger partial charge on any atom is -0.480 e. The first kappa shape index (κ1) is 26.7. The van der Waals surface area contributed by atoms with Gasteiger partial charge in [0.25, 0.3) is 0 Å². The summed E-state index contributed by atoms with van der Waals surface area (Å²) in [4.78, 5) is 32.8. The average Bonchev–Trinajstić information content (AvgIpc) is 3.70. The zero-order valence-corrected chi connectivity index (χ0v) is 22.7. The van der Waals surface area contributed by atoms with E-state index in [0.29, 0.717) is 45.6 Å². The third kappa shape index (κ3) is 4.85. The van der Waals surface area contributed by atoms with E-state index in [1.807, 2.05) is 0 Å². The Morgan fingerprint density at radius 3 is 2.49 bits per heavy atom. The fourth-order valence-electron chi connectivity index (χ4n) is 4.89. The molecule has 0 spiro atoms. The van der Waals surface area contributed by atoms with E-state index in [0.717, 1.165) is 24.6 Å². The summed E-state index contributed by atoms with van der Waals surface area (Å²) in [6, 6.07) is 7.73. The highest BCUT2D eigenvalue weighted by Crippen LogP contribution is 2.46. The second-order valence-electron chi connectivity index (χ2n) is 10.6. The summed E-state index contributed by atoms with van der Waals surface area (Å²) < 4.78 is 51.9. The SMILES string of the molecule is COc1ncnc(C2CC2)c1-c1ncc2c(n1)N(Cc1ccc(-n3nc(C(F)(F)F)cc3C)cc1)C(=O)OC2(C)C. The Bertz CT molecular complexity index is 1650. The standard InChI is InChI=1S/C28H26F3N7O3/c1-15-11-20(28(29,30)31)36-38(15)18-9-5-16(6-10-18)13-37-24-19(27(2,3)41-26(37)39)12-32-23(35-24)21-22(17-7-8-17)33-14-34-25(21)40-4/h5-6,9-12,14,17H,7-8,13H2,1-4H3. The molecule has 1 aliphatic carbocycles. The van der Waals surface area contributed by atoms with E-state index in [-0.39, 0.29) is 12.5 Å². The average molecular weight is 566 g/mol. The van der Waals surface area contributed by atoms with Gasteiger partial charge in [-0.2, -0.15) is 18.3 Å². The van der Waals surface area contributed by atoms with Gasteiger partial charge in [0.05, 0.1) is 30.6 Å². The predicted molar refractivity (Wildman–Crippen MR) is 141 cm³/mol. The summed E-state index contributed by atoms with van der Waals surface area (Å²) in [5.41, 5.74) is 1.58. The number of aryl methyl sites for hydroxylation is 1. The first-order valence-corrected chi connectivity index (χ1v) is 13.0. The molecule has 1 aromatic carbocycles. The van der Waals surface area contributed by atoms with Crippen molar-refractivity contribution in [2.45, 2.75) is 57.9 Å². The molecule has 1 amide bonds. The molecule has 212 valence electrons. The largest absolute Gasteiger partial charge is 0.480 e. The molecule has 1 saturated carbocycles. The van der Waals surface area contributed by atoms with Gasteiger partial charge in [-0.15, -0.1) is 0 Å². The van der Waals surface area contributed by atoms with Gasteiger partial charge in [0.15, 0.2) is 11.5 Å². The Morgan fingerprint density at radius 1 is 1.12 bits per heavy atom. The summed E-state index contributed by atoms with van der Waals surface area (Å²) in [5.74, 6) is 1.33. The number of fused-ring (bicyclic) bond motifs is 1. The molecular weight excluding hydrogens is 539 g/mol. The number of anilines is 1. The molecule has 1 fully saturated rings. The molecule has 0 bridgehead atoms. The minimum atomic E-state index is -4.54. The topological polar surface area (TPSA) is 108 Å². The van der Waals surface area contributed by atoms with Crippen molar-refractivity contribution in [2.75, 3.05) is 12.0 Å². The lowest BCUT2D eigenvalue weighted by Gasteiger charge is -2.37. The Hall–Kier alpha value is -4.55. The molecule has 4 aromatic rings. The van der Waals surface area contributed by atoms with Crippen molar-refractivity contribution < 1.29 is 27.4 Å². The number of ether oxygens (including phenoxy) is 2. The fourth-order valence-corrected chi connectivity index (χ4v) is 4.89.